The zero-order valence-electron chi connectivity index (χ0n) is 12.1. The topological polar surface area (TPSA) is 21.3 Å². The highest BCUT2D eigenvalue weighted by atomic mass is 35.5. The molecule has 0 fully saturated rings. The van der Waals surface area contributed by atoms with Crippen molar-refractivity contribution < 1.29 is 4.74 Å². The fourth-order valence-corrected chi connectivity index (χ4v) is 1.99. The number of nitrogens with one attached hydrogen (secondary N) is 1. The van der Waals surface area contributed by atoms with E-state index in [1.54, 1.807) is 0 Å². The van der Waals surface area contributed by atoms with E-state index in [9.17, 15) is 0 Å². The first kappa shape index (κ1) is 14.9. The lowest BCUT2D eigenvalue weighted by Crippen LogP contribution is -2.22. The lowest BCUT2D eigenvalue weighted by Gasteiger charge is -2.14. The van der Waals surface area contributed by atoms with Crippen molar-refractivity contribution in [3.8, 4) is 11.5 Å². The summed E-state index contributed by atoms with van der Waals surface area (Å²) in [5.41, 5.74) is 2.16. The maximum Gasteiger partial charge on any atom is 0.131 e. The first-order valence-electron chi connectivity index (χ1n) is 6.81. The summed E-state index contributed by atoms with van der Waals surface area (Å²) in [6, 6.07) is 14.2. The molecule has 0 unspecified atom stereocenters. The highest BCUT2D eigenvalue weighted by Crippen LogP contribution is 2.28. The number of hydrogen-bond acceptors (Lipinski definition) is 2. The molecule has 0 atom stereocenters. The summed E-state index contributed by atoms with van der Waals surface area (Å²) < 4.78 is 5.98. The molecule has 2 aromatic rings. The van der Waals surface area contributed by atoms with Gasteiger partial charge in [0.15, 0.2) is 0 Å². The number of hydrogen-bond donors (Lipinski definition) is 1. The molecule has 0 heterocycles. The molecule has 2 rings (SSSR count). The maximum absolute atomic E-state index is 6.03. The normalized spacial score (nSPS) is 10.8. The highest BCUT2D eigenvalue weighted by Gasteiger charge is 2.06. The molecule has 0 bridgehead atoms. The summed E-state index contributed by atoms with van der Waals surface area (Å²) in [5.74, 6) is 1.69. The third-order valence-electron chi connectivity index (χ3n) is 3.03. The number of rotatable bonds is 5. The number of para-hydroxylation sites is 1. The molecule has 2 aromatic carbocycles. The summed E-state index contributed by atoms with van der Waals surface area (Å²) in [6.07, 6.45) is 0. The quantitative estimate of drug-likeness (QED) is 0.842. The van der Waals surface area contributed by atoms with E-state index in [0.717, 1.165) is 34.2 Å². The molecular formula is C17H20ClNO. The molecule has 20 heavy (non-hydrogen) atoms. The van der Waals surface area contributed by atoms with Crippen molar-refractivity contribution in [3.05, 3.63) is 58.6 Å². The van der Waals surface area contributed by atoms with Gasteiger partial charge in [0.25, 0.3) is 0 Å². The van der Waals surface area contributed by atoms with E-state index in [4.69, 9.17) is 16.3 Å². The molecule has 0 saturated heterocycles. The highest BCUT2D eigenvalue weighted by molar-refractivity contribution is 6.31. The Balaban J connectivity index is 2.17. The van der Waals surface area contributed by atoms with Crippen molar-refractivity contribution in [2.75, 3.05) is 0 Å². The molecule has 0 aliphatic carbocycles. The number of halogens is 1. The Kier molecular flexibility index (Phi) is 5.05. The summed E-state index contributed by atoms with van der Waals surface area (Å²) in [6.45, 7) is 7.03. The third kappa shape index (κ3) is 3.99. The summed E-state index contributed by atoms with van der Waals surface area (Å²) in [7, 11) is 0. The van der Waals surface area contributed by atoms with Crippen molar-refractivity contribution in [3.63, 3.8) is 0 Å². The van der Waals surface area contributed by atoms with Crippen LogP contribution < -0.4 is 10.1 Å². The van der Waals surface area contributed by atoms with Gasteiger partial charge in [-0.05, 0) is 36.8 Å². The maximum atomic E-state index is 6.03. The molecule has 0 saturated carbocycles. The molecule has 1 N–H and O–H groups in total. The van der Waals surface area contributed by atoms with Gasteiger partial charge in [0.1, 0.15) is 11.5 Å². The van der Waals surface area contributed by atoms with Crippen LogP contribution in [0.5, 0.6) is 11.5 Å². The third-order valence-corrected chi connectivity index (χ3v) is 3.45. The van der Waals surface area contributed by atoms with Crippen LogP contribution in [0.2, 0.25) is 5.02 Å². The Hall–Kier alpha value is -1.51. The van der Waals surface area contributed by atoms with Crippen LogP contribution in [0, 0.1) is 6.92 Å². The Morgan fingerprint density at radius 3 is 2.60 bits per heavy atom. The summed E-state index contributed by atoms with van der Waals surface area (Å²) >= 11 is 6.03. The van der Waals surface area contributed by atoms with Crippen LogP contribution in [0.4, 0.5) is 0 Å². The minimum absolute atomic E-state index is 0.445. The molecule has 0 aromatic heterocycles. The van der Waals surface area contributed by atoms with Gasteiger partial charge in [0.05, 0.1) is 0 Å². The molecule has 2 nitrogen and oxygen atoms in total. The monoisotopic (exact) mass is 289 g/mol. The van der Waals surface area contributed by atoms with E-state index in [2.05, 4.69) is 25.2 Å². The first-order valence-corrected chi connectivity index (χ1v) is 7.19. The van der Waals surface area contributed by atoms with Gasteiger partial charge in [-0.25, -0.2) is 0 Å². The predicted octanol–water partition coefficient (Wildman–Crippen LogP) is 4.94. The van der Waals surface area contributed by atoms with Crippen molar-refractivity contribution in [2.24, 2.45) is 0 Å². The van der Waals surface area contributed by atoms with Crippen molar-refractivity contribution in [1.29, 1.82) is 0 Å². The molecular weight excluding hydrogens is 270 g/mol. The van der Waals surface area contributed by atoms with Gasteiger partial charge in [-0.3, -0.25) is 0 Å². The predicted molar refractivity (Wildman–Crippen MR) is 84.7 cm³/mol. The fraction of sp³-hybridized carbons (Fsp3) is 0.294. The van der Waals surface area contributed by atoms with Gasteiger partial charge in [0, 0.05) is 23.2 Å². The van der Waals surface area contributed by atoms with E-state index < -0.39 is 0 Å². The largest absolute Gasteiger partial charge is 0.457 e. The van der Waals surface area contributed by atoms with E-state index in [1.807, 2.05) is 43.3 Å². The zero-order valence-corrected chi connectivity index (χ0v) is 12.9. The Morgan fingerprint density at radius 2 is 1.90 bits per heavy atom. The second kappa shape index (κ2) is 6.78. The first-order chi connectivity index (χ1) is 9.56. The Morgan fingerprint density at radius 1 is 1.15 bits per heavy atom. The summed E-state index contributed by atoms with van der Waals surface area (Å²) in [5, 5.41) is 4.16. The van der Waals surface area contributed by atoms with E-state index in [0.29, 0.717) is 6.04 Å². The van der Waals surface area contributed by atoms with Crippen LogP contribution >= 0.6 is 11.6 Å². The van der Waals surface area contributed by atoms with Crippen molar-refractivity contribution in [1.82, 2.24) is 5.32 Å². The average Bonchev–Trinajstić information content (AvgIpc) is 2.42. The van der Waals surface area contributed by atoms with Gasteiger partial charge in [-0.15, -0.1) is 0 Å². The molecule has 0 spiro atoms. The van der Waals surface area contributed by atoms with Gasteiger partial charge >= 0.3 is 0 Å². The number of aryl methyl sites for hydroxylation is 1. The molecule has 0 amide bonds. The van der Waals surface area contributed by atoms with Crippen LogP contribution in [0.15, 0.2) is 42.5 Å². The molecule has 3 heteroatoms. The molecule has 106 valence electrons. The van der Waals surface area contributed by atoms with Crippen LogP contribution in [0.1, 0.15) is 25.0 Å². The Bertz CT molecular complexity index is 581. The second-order valence-electron chi connectivity index (χ2n) is 5.16. The SMILES string of the molecule is Cc1cc(Oc2ccccc2CNC(C)C)ccc1Cl. The fourth-order valence-electron chi connectivity index (χ4n) is 1.87. The lowest BCUT2D eigenvalue weighted by molar-refractivity contribution is 0.469. The zero-order chi connectivity index (χ0) is 14.5. The van der Waals surface area contributed by atoms with Gasteiger partial charge in [-0.1, -0.05) is 43.6 Å². The van der Waals surface area contributed by atoms with Crippen LogP contribution in [-0.4, -0.2) is 6.04 Å². The number of ether oxygens (including phenoxy) is 1. The van der Waals surface area contributed by atoms with E-state index in [1.165, 1.54) is 0 Å². The van der Waals surface area contributed by atoms with Crippen LogP contribution in [0.3, 0.4) is 0 Å². The van der Waals surface area contributed by atoms with E-state index >= 15 is 0 Å². The molecule has 0 radical (unpaired) electrons. The standard InChI is InChI=1S/C17H20ClNO/c1-12(2)19-11-14-6-4-5-7-17(14)20-15-8-9-16(18)13(3)10-15/h4-10,12,19H,11H2,1-3H3. The number of benzene rings is 2. The van der Waals surface area contributed by atoms with Gasteiger partial charge < -0.3 is 10.1 Å². The van der Waals surface area contributed by atoms with Gasteiger partial charge in [0.2, 0.25) is 0 Å². The van der Waals surface area contributed by atoms with Crippen LogP contribution in [0.25, 0.3) is 0 Å². The van der Waals surface area contributed by atoms with Crippen molar-refractivity contribution in [2.45, 2.75) is 33.4 Å². The van der Waals surface area contributed by atoms with Crippen molar-refractivity contribution >= 4 is 11.6 Å². The Labute approximate surface area is 125 Å². The molecule has 0 aliphatic heterocycles. The molecule has 0 aliphatic rings. The smallest absolute Gasteiger partial charge is 0.131 e. The minimum atomic E-state index is 0.445. The van der Waals surface area contributed by atoms with Gasteiger partial charge in [-0.2, -0.15) is 0 Å². The lowest BCUT2D eigenvalue weighted by atomic mass is 10.2. The summed E-state index contributed by atoms with van der Waals surface area (Å²) in [4.78, 5) is 0. The van der Waals surface area contributed by atoms with E-state index in [-0.39, 0.29) is 0 Å². The average molecular weight is 290 g/mol. The second-order valence-corrected chi connectivity index (χ2v) is 5.56. The van der Waals surface area contributed by atoms with Crippen LogP contribution in [-0.2, 0) is 6.54 Å². The minimum Gasteiger partial charge on any atom is -0.457 e.